The van der Waals surface area contributed by atoms with Gasteiger partial charge in [0.25, 0.3) is 0 Å². The van der Waals surface area contributed by atoms with Crippen molar-refractivity contribution in [3.63, 3.8) is 0 Å². The Morgan fingerprint density at radius 1 is 1.26 bits per heavy atom. The van der Waals surface area contributed by atoms with E-state index in [9.17, 15) is 4.79 Å². The summed E-state index contributed by atoms with van der Waals surface area (Å²) in [5.41, 5.74) is 2.37. The van der Waals surface area contributed by atoms with Gasteiger partial charge in [0.2, 0.25) is 5.91 Å². The lowest BCUT2D eigenvalue weighted by Crippen LogP contribution is -2.10. The fourth-order valence-corrected chi connectivity index (χ4v) is 1.97. The van der Waals surface area contributed by atoms with Crippen molar-refractivity contribution in [1.82, 2.24) is 9.55 Å². The smallest absolute Gasteiger partial charge is 0.231 e. The Kier molecular flexibility index (Phi) is 4.34. The van der Waals surface area contributed by atoms with Crippen molar-refractivity contribution in [2.24, 2.45) is 0 Å². The van der Waals surface area contributed by atoms with Crippen molar-refractivity contribution in [3.05, 3.63) is 48.0 Å². The molecule has 2 rings (SSSR count). The fraction of sp³-hybridized carbons (Fsp3) is 0.333. The summed E-state index contributed by atoms with van der Waals surface area (Å²) in [5, 5.41) is 0. The molecule has 0 amide bonds. The van der Waals surface area contributed by atoms with E-state index in [-0.39, 0.29) is 5.91 Å². The van der Waals surface area contributed by atoms with E-state index in [1.165, 1.54) is 22.0 Å². The zero-order valence-corrected chi connectivity index (χ0v) is 11.3. The van der Waals surface area contributed by atoms with Gasteiger partial charge in [-0.2, -0.15) is 0 Å². The molecule has 0 unspecified atom stereocenters. The van der Waals surface area contributed by atoms with Crippen molar-refractivity contribution in [2.75, 3.05) is 6.61 Å². The third-order valence-electron chi connectivity index (χ3n) is 2.79. The molecule has 1 aromatic carbocycles. The van der Waals surface area contributed by atoms with Gasteiger partial charge in [0, 0.05) is 18.8 Å². The zero-order valence-electron chi connectivity index (χ0n) is 11.3. The minimum atomic E-state index is 0.0431. The maximum absolute atomic E-state index is 11.7. The molecule has 0 saturated heterocycles. The van der Waals surface area contributed by atoms with Gasteiger partial charge in [-0.25, -0.2) is 4.98 Å². The van der Waals surface area contributed by atoms with Crippen LogP contribution in [-0.4, -0.2) is 22.1 Å². The van der Waals surface area contributed by atoms with Crippen LogP contribution >= 0.6 is 0 Å². The molecule has 4 nitrogen and oxygen atoms in total. The minimum absolute atomic E-state index is 0.0431. The number of imidazole rings is 1. The normalized spacial score (nSPS) is 10.4. The number of carbonyl (C=O) groups excluding carboxylic acids is 1. The molecular formula is C15H18N2O2. The quantitative estimate of drug-likeness (QED) is 0.774. The molecule has 0 atom stereocenters. The Morgan fingerprint density at radius 3 is 2.63 bits per heavy atom. The van der Waals surface area contributed by atoms with E-state index in [0.717, 1.165) is 5.75 Å². The molecule has 0 bridgehead atoms. The van der Waals surface area contributed by atoms with E-state index in [1.54, 1.807) is 12.4 Å². The summed E-state index contributed by atoms with van der Waals surface area (Å²) in [6.07, 6.45) is 5.94. The lowest BCUT2D eigenvalue weighted by Gasteiger charge is -2.08. The molecule has 0 spiro atoms. The number of carbonyl (C=O) groups is 1. The summed E-state index contributed by atoms with van der Waals surface area (Å²) in [7, 11) is 0. The number of benzene rings is 1. The first-order valence-electron chi connectivity index (χ1n) is 6.37. The first-order chi connectivity index (χ1) is 9.15. The van der Waals surface area contributed by atoms with Crippen molar-refractivity contribution in [2.45, 2.75) is 26.7 Å². The van der Waals surface area contributed by atoms with Crippen molar-refractivity contribution < 1.29 is 9.53 Å². The van der Waals surface area contributed by atoms with Crippen LogP contribution in [0.25, 0.3) is 0 Å². The SMILES string of the molecule is Cc1cc(C)cc(OCCCC(=O)n2ccnc2)c1. The predicted molar refractivity (Wildman–Crippen MR) is 73.5 cm³/mol. The van der Waals surface area contributed by atoms with Crippen LogP contribution in [0.3, 0.4) is 0 Å². The standard InChI is InChI=1S/C15H18N2O2/c1-12-8-13(2)10-14(9-12)19-7-3-4-15(18)17-6-5-16-11-17/h5-6,8-11H,3-4,7H2,1-2H3. The second-order valence-electron chi connectivity index (χ2n) is 4.64. The second-order valence-corrected chi connectivity index (χ2v) is 4.64. The number of ether oxygens (including phenoxy) is 1. The van der Waals surface area contributed by atoms with Crippen LogP contribution in [0.1, 0.15) is 28.8 Å². The van der Waals surface area contributed by atoms with Gasteiger partial charge in [0.05, 0.1) is 6.61 Å². The predicted octanol–water partition coefficient (Wildman–Crippen LogP) is 3.00. The highest BCUT2D eigenvalue weighted by atomic mass is 16.5. The molecule has 0 fully saturated rings. The first kappa shape index (κ1) is 13.3. The first-order valence-corrected chi connectivity index (χ1v) is 6.37. The fourth-order valence-electron chi connectivity index (χ4n) is 1.97. The largest absolute Gasteiger partial charge is 0.494 e. The summed E-state index contributed by atoms with van der Waals surface area (Å²) < 4.78 is 7.16. The van der Waals surface area contributed by atoms with E-state index < -0.39 is 0 Å². The molecule has 19 heavy (non-hydrogen) atoms. The molecule has 0 aliphatic carbocycles. The van der Waals surface area contributed by atoms with Crippen LogP contribution in [0.4, 0.5) is 0 Å². The van der Waals surface area contributed by atoms with Crippen LogP contribution in [0.2, 0.25) is 0 Å². The maximum atomic E-state index is 11.7. The van der Waals surface area contributed by atoms with Gasteiger partial charge in [-0.15, -0.1) is 0 Å². The molecule has 0 aliphatic rings. The number of hydrogen-bond donors (Lipinski definition) is 0. The Morgan fingerprint density at radius 2 is 2.00 bits per heavy atom. The molecule has 100 valence electrons. The van der Waals surface area contributed by atoms with E-state index in [4.69, 9.17) is 4.74 Å². The van der Waals surface area contributed by atoms with Crippen molar-refractivity contribution >= 4 is 5.91 Å². The summed E-state index contributed by atoms with van der Waals surface area (Å²) in [5.74, 6) is 0.911. The Hall–Kier alpha value is -2.10. The Bertz CT molecular complexity index is 527. The highest BCUT2D eigenvalue weighted by Crippen LogP contribution is 2.16. The monoisotopic (exact) mass is 258 g/mol. The Labute approximate surface area is 113 Å². The maximum Gasteiger partial charge on any atom is 0.231 e. The van der Waals surface area contributed by atoms with Gasteiger partial charge in [0.15, 0.2) is 0 Å². The average molecular weight is 258 g/mol. The second kappa shape index (κ2) is 6.18. The summed E-state index contributed by atoms with van der Waals surface area (Å²) in [6.45, 7) is 4.63. The zero-order chi connectivity index (χ0) is 13.7. The van der Waals surface area contributed by atoms with Crippen molar-refractivity contribution in [1.29, 1.82) is 0 Å². The molecule has 0 radical (unpaired) electrons. The number of hydrogen-bond acceptors (Lipinski definition) is 3. The summed E-state index contributed by atoms with van der Waals surface area (Å²) in [6, 6.07) is 6.12. The van der Waals surface area contributed by atoms with E-state index in [1.807, 2.05) is 26.0 Å². The molecule has 1 aromatic heterocycles. The lowest BCUT2D eigenvalue weighted by molar-refractivity contribution is 0.0893. The van der Waals surface area contributed by atoms with Gasteiger partial charge in [0.1, 0.15) is 12.1 Å². The molecule has 0 aliphatic heterocycles. The van der Waals surface area contributed by atoms with Gasteiger partial charge in [-0.1, -0.05) is 6.07 Å². The average Bonchev–Trinajstić information content (AvgIpc) is 2.87. The number of aryl methyl sites for hydroxylation is 2. The highest BCUT2D eigenvalue weighted by Gasteiger charge is 2.04. The van der Waals surface area contributed by atoms with E-state index in [0.29, 0.717) is 19.4 Å². The topological polar surface area (TPSA) is 44.1 Å². The van der Waals surface area contributed by atoms with Crippen LogP contribution in [0.15, 0.2) is 36.9 Å². The third kappa shape index (κ3) is 3.95. The van der Waals surface area contributed by atoms with Gasteiger partial charge in [-0.3, -0.25) is 9.36 Å². The lowest BCUT2D eigenvalue weighted by atomic mass is 10.1. The van der Waals surface area contributed by atoms with Crippen molar-refractivity contribution in [3.8, 4) is 5.75 Å². The number of nitrogens with zero attached hydrogens (tertiary/aromatic N) is 2. The van der Waals surface area contributed by atoms with E-state index in [2.05, 4.69) is 11.1 Å². The minimum Gasteiger partial charge on any atom is -0.494 e. The van der Waals surface area contributed by atoms with Crippen LogP contribution in [0, 0.1) is 13.8 Å². The van der Waals surface area contributed by atoms with Gasteiger partial charge in [-0.05, 0) is 43.5 Å². The molecule has 4 heteroatoms. The number of rotatable bonds is 5. The number of aromatic nitrogens is 2. The molecular weight excluding hydrogens is 240 g/mol. The highest BCUT2D eigenvalue weighted by molar-refractivity contribution is 5.78. The molecule has 2 aromatic rings. The van der Waals surface area contributed by atoms with E-state index >= 15 is 0 Å². The van der Waals surface area contributed by atoms with Crippen LogP contribution in [-0.2, 0) is 0 Å². The summed E-state index contributed by atoms with van der Waals surface area (Å²) in [4.78, 5) is 15.5. The third-order valence-corrected chi connectivity index (χ3v) is 2.79. The van der Waals surface area contributed by atoms with Gasteiger partial charge < -0.3 is 4.74 Å². The van der Waals surface area contributed by atoms with Crippen LogP contribution in [0.5, 0.6) is 5.75 Å². The van der Waals surface area contributed by atoms with Gasteiger partial charge >= 0.3 is 0 Å². The molecule has 0 saturated carbocycles. The molecule has 1 heterocycles. The summed E-state index contributed by atoms with van der Waals surface area (Å²) >= 11 is 0. The van der Waals surface area contributed by atoms with Crippen LogP contribution < -0.4 is 4.74 Å². The Balaban J connectivity index is 1.76. The molecule has 0 N–H and O–H groups in total.